The summed E-state index contributed by atoms with van der Waals surface area (Å²) in [4.78, 5) is 34.8. The van der Waals surface area contributed by atoms with E-state index in [9.17, 15) is 19.5 Å². The SMILES string of the molecule is O=C(NNC(=O)c1ccccc1C(=O)O)c1ccccc1O. The lowest BCUT2D eigenvalue weighted by Crippen LogP contribution is -2.42. The quantitative estimate of drug-likeness (QED) is 0.635. The van der Waals surface area contributed by atoms with E-state index < -0.39 is 17.8 Å². The number of aromatic hydroxyl groups is 1. The van der Waals surface area contributed by atoms with Gasteiger partial charge in [-0.3, -0.25) is 20.4 Å². The molecule has 0 aromatic heterocycles. The van der Waals surface area contributed by atoms with E-state index in [0.717, 1.165) is 0 Å². The highest BCUT2D eigenvalue weighted by Crippen LogP contribution is 2.14. The van der Waals surface area contributed by atoms with Crippen LogP contribution in [-0.2, 0) is 0 Å². The fourth-order valence-corrected chi connectivity index (χ4v) is 1.78. The Balaban J connectivity index is 2.09. The largest absolute Gasteiger partial charge is 0.507 e. The van der Waals surface area contributed by atoms with Gasteiger partial charge < -0.3 is 10.2 Å². The van der Waals surface area contributed by atoms with Crippen LogP contribution in [0.1, 0.15) is 31.1 Å². The van der Waals surface area contributed by atoms with Gasteiger partial charge in [-0.1, -0.05) is 24.3 Å². The van der Waals surface area contributed by atoms with Crippen molar-refractivity contribution in [3.8, 4) is 5.75 Å². The molecule has 0 unspecified atom stereocenters. The summed E-state index contributed by atoms with van der Waals surface area (Å²) >= 11 is 0. The topological polar surface area (TPSA) is 116 Å². The molecule has 2 amide bonds. The molecule has 0 aliphatic heterocycles. The van der Waals surface area contributed by atoms with Gasteiger partial charge in [0.05, 0.1) is 16.7 Å². The van der Waals surface area contributed by atoms with Gasteiger partial charge in [-0.2, -0.15) is 0 Å². The summed E-state index contributed by atoms with van der Waals surface area (Å²) in [5, 5.41) is 18.5. The predicted molar refractivity (Wildman–Crippen MR) is 76.4 cm³/mol. The van der Waals surface area contributed by atoms with E-state index in [2.05, 4.69) is 10.9 Å². The van der Waals surface area contributed by atoms with Gasteiger partial charge in [-0.15, -0.1) is 0 Å². The van der Waals surface area contributed by atoms with Crippen molar-refractivity contribution in [2.24, 2.45) is 0 Å². The third-order valence-corrected chi connectivity index (χ3v) is 2.84. The Morgan fingerprint density at radius 1 is 0.727 bits per heavy atom. The molecule has 0 saturated carbocycles. The third kappa shape index (κ3) is 3.21. The van der Waals surface area contributed by atoms with Crippen LogP contribution in [-0.4, -0.2) is 28.0 Å². The molecule has 0 atom stereocenters. The monoisotopic (exact) mass is 300 g/mol. The number of hydrogen-bond donors (Lipinski definition) is 4. The van der Waals surface area contributed by atoms with E-state index in [1.807, 2.05) is 0 Å². The Labute approximate surface area is 125 Å². The highest BCUT2D eigenvalue weighted by molar-refractivity contribution is 6.06. The Kier molecular flexibility index (Phi) is 4.38. The molecule has 112 valence electrons. The number of carboxylic acids is 1. The van der Waals surface area contributed by atoms with Gasteiger partial charge in [0.15, 0.2) is 0 Å². The smallest absolute Gasteiger partial charge is 0.336 e. The minimum atomic E-state index is -1.25. The first-order chi connectivity index (χ1) is 10.5. The summed E-state index contributed by atoms with van der Waals surface area (Å²) in [6.45, 7) is 0. The maximum absolute atomic E-state index is 11.9. The van der Waals surface area contributed by atoms with Crippen LogP contribution in [0.5, 0.6) is 5.75 Å². The summed E-state index contributed by atoms with van der Waals surface area (Å²) in [5.74, 6) is -2.99. The molecule has 2 aromatic rings. The highest BCUT2D eigenvalue weighted by Gasteiger charge is 2.17. The fourth-order valence-electron chi connectivity index (χ4n) is 1.78. The van der Waals surface area contributed by atoms with E-state index in [1.54, 1.807) is 12.1 Å². The first-order valence-electron chi connectivity index (χ1n) is 6.21. The van der Waals surface area contributed by atoms with Gasteiger partial charge in [-0.25, -0.2) is 4.79 Å². The number of amides is 2. The van der Waals surface area contributed by atoms with E-state index in [0.29, 0.717) is 0 Å². The van der Waals surface area contributed by atoms with Crippen molar-refractivity contribution in [1.82, 2.24) is 10.9 Å². The lowest BCUT2D eigenvalue weighted by molar-refractivity contribution is 0.0690. The number of nitrogens with one attached hydrogen (secondary N) is 2. The van der Waals surface area contributed by atoms with Crippen LogP contribution in [0.3, 0.4) is 0 Å². The lowest BCUT2D eigenvalue weighted by atomic mass is 10.1. The molecule has 0 fully saturated rings. The van der Waals surface area contributed by atoms with Gasteiger partial charge >= 0.3 is 5.97 Å². The van der Waals surface area contributed by atoms with E-state index in [-0.39, 0.29) is 22.4 Å². The van der Waals surface area contributed by atoms with Gasteiger partial charge in [0.1, 0.15) is 5.75 Å². The van der Waals surface area contributed by atoms with Gasteiger partial charge in [-0.05, 0) is 24.3 Å². The summed E-state index contributed by atoms with van der Waals surface area (Å²) in [6, 6.07) is 11.4. The van der Waals surface area contributed by atoms with Crippen molar-refractivity contribution in [1.29, 1.82) is 0 Å². The predicted octanol–water partition coefficient (Wildman–Crippen LogP) is 1.17. The van der Waals surface area contributed by atoms with Crippen LogP contribution in [0.15, 0.2) is 48.5 Å². The molecule has 7 heteroatoms. The molecule has 0 radical (unpaired) electrons. The molecule has 22 heavy (non-hydrogen) atoms. The minimum absolute atomic E-state index is 0.0191. The average molecular weight is 300 g/mol. The van der Waals surface area contributed by atoms with E-state index >= 15 is 0 Å². The highest BCUT2D eigenvalue weighted by atomic mass is 16.4. The summed E-state index contributed by atoms with van der Waals surface area (Å²) in [5.41, 5.74) is 3.93. The van der Waals surface area contributed by atoms with Crippen LogP contribution < -0.4 is 10.9 Å². The van der Waals surface area contributed by atoms with Gasteiger partial charge in [0, 0.05) is 0 Å². The first-order valence-corrected chi connectivity index (χ1v) is 6.21. The number of rotatable bonds is 3. The number of aromatic carboxylic acids is 1. The van der Waals surface area contributed by atoms with Crippen molar-refractivity contribution >= 4 is 17.8 Å². The molecule has 0 heterocycles. The Morgan fingerprint density at radius 3 is 1.73 bits per heavy atom. The number of carbonyl (C=O) groups is 3. The lowest BCUT2D eigenvalue weighted by Gasteiger charge is -2.09. The number of phenolic OH excluding ortho intramolecular Hbond substituents is 1. The Bertz CT molecular complexity index is 742. The van der Waals surface area contributed by atoms with Gasteiger partial charge in [0.25, 0.3) is 11.8 Å². The normalized spacial score (nSPS) is 9.82. The summed E-state index contributed by atoms with van der Waals surface area (Å²) < 4.78 is 0. The third-order valence-electron chi connectivity index (χ3n) is 2.84. The minimum Gasteiger partial charge on any atom is -0.507 e. The van der Waals surface area contributed by atoms with Crippen LogP contribution in [0.4, 0.5) is 0 Å². The molecule has 0 spiro atoms. The molecule has 7 nitrogen and oxygen atoms in total. The van der Waals surface area contributed by atoms with E-state index in [1.165, 1.54) is 36.4 Å². The molecule has 0 aliphatic carbocycles. The number of phenols is 1. The number of carbonyl (C=O) groups excluding carboxylic acids is 2. The number of hydrogen-bond acceptors (Lipinski definition) is 4. The fraction of sp³-hybridized carbons (Fsp3) is 0. The molecular formula is C15H12N2O5. The van der Waals surface area contributed by atoms with Crippen molar-refractivity contribution in [3.05, 3.63) is 65.2 Å². The average Bonchev–Trinajstić information content (AvgIpc) is 2.52. The number of para-hydroxylation sites is 1. The van der Waals surface area contributed by atoms with Crippen molar-refractivity contribution in [3.63, 3.8) is 0 Å². The summed E-state index contributed by atoms with van der Waals surface area (Å²) in [7, 11) is 0. The van der Waals surface area contributed by atoms with Crippen LogP contribution in [0, 0.1) is 0 Å². The Hall–Kier alpha value is -3.35. The molecule has 0 saturated heterocycles. The second-order valence-corrected chi connectivity index (χ2v) is 4.28. The first kappa shape index (κ1) is 15.0. The molecule has 2 aromatic carbocycles. The maximum Gasteiger partial charge on any atom is 0.336 e. The van der Waals surface area contributed by atoms with Crippen LogP contribution in [0.2, 0.25) is 0 Å². The van der Waals surface area contributed by atoms with Crippen LogP contribution >= 0.6 is 0 Å². The summed E-state index contributed by atoms with van der Waals surface area (Å²) in [6.07, 6.45) is 0. The second kappa shape index (κ2) is 6.40. The van der Waals surface area contributed by atoms with E-state index in [4.69, 9.17) is 5.11 Å². The zero-order chi connectivity index (χ0) is 16.1. The zero-order valence-corrected chi connectivity index (χ0v) is 11.2. The molecular weight excluding hydrogens is 288 g/mol. The van der Waals surface area contributed by atoms with Crippen LogP contribution in [0.25, 0.3) is 0 Å². The molecule has 4 N–H and O–H groups in total. The number of carboxylic acid groups (broad SMARTS) is 1. The van der Waals surface area contributed by atoms with Crippen molar-refractivity contribution in [2.75, 3.05) is 0 Å². The Morgan fingerprint density at radius 2 is 1.18 bits per heavy atom. The van der Waals surface area contributed by atoms with Crippen molar-refractivity contribution in [2.45, 2.75) is 0 Å². The number of benzene rings is 2. The van der Waals surface area contributed by atoms with Gasteiger partial charge in [0.2, 0.25) is 0 Å². The standard InChI is InChI=1S/C15H12N2O5/c18-12-8-4-3-7-11(12)14(20)17-16-13(19)9-5-1-2-6-10(9)15(21)22/h1-8,18H,(H,16,19)(H,17,20)(H,21,22). The molecule has 0 aliphatic rings. The molecule has 0 bridgehead atoms. The molecule has 2 rings (SSSR count). The zero-order valence-electron chi connectivity index (χ0n) is 11.2. The number of hydrazine groups is 1. The second-order valence-electron chi connectivity index (χ2n) is 4.28. The maximum atomic E-state index is 11.9. The van der Waals surface area contributed by atoms with Crippen molar-refractivity contribution < 1.29 is 24.6 Å².